The molecular weight excluding hydrogens is 444 g/mol. The monoisotopic (exact) mass is 474 g/mol. The van der Waals surface area contributed by atoms with Crippen LogP contribution in [0.3, 0.4) is 0 Å². The van der Waals surface area contributed by atoms with Crippen LogP contribution in [0.5, 0.6) is 0 Å². The number of allylic oxidation sites excluding steroid dienone is 4. The lowest BCUT2D eigenvalue weighted by atomic mass is 9.76. The first-order valence-corrected chi connectivity index (χ1v) is 11.5. The Labute approximate surface area is 197 Å². The summed E-state index contributed by atoms with van der Waals surface area (Å²) in [5, 5.41) is 0. The Bertz CT molecular complexity index is 972. The van der Waals surface area contributed by atoms with Crippen LogP contribution < -0.4 is 0 Å². The molecule has 34 heavy (non-hydrogen) atoms. The van der Waals surface area contributed by atoms with Gasteiger partial charge in [0.1, 0.15) is 0 Å². The third-order valence-corrected chi connectivity index (χ3v) is 7.03. The van der Waals surface area contributed by atoms with Crippen molar-refractivity contribution in [1.29, 1.82) is 0 Å². The van der Waals surface area contributed by atoms with Gasteiger partial charge < -0.3 is 14.2 Å². The number of fused-ring (bicyclic) bond motifs is 2. The highest BCUT2D eigenvalue weighted by Gasteiger charge is 2.48. The summed E-state index contributed by atoms with van der Waals surface area (Å²) >= 11 is 0. The molecular formula is C25H30O9. The molecule has 9 nitrogen and oxygen atoms in total. The molecule has 3 saturated heterocycles. The number of esters is 6. The van der Waals surface area contributed by atoms with Crippen molar-refractivity contribution < 1.29 is 43.0 Å². The molecule has 0 bridgehead atoms. The van der Waals surface area contributed by atoms with E-state index in [0.29, 0.717) is 19.3 Å². The van der Waals surface area contributed by atoms with Crippen LogP contribution in [0.15, 0.2) is 22.8 Å². The molecule has 0 spiro atoms. The topological polar surface area (TPSA) is 130 Å². The van der Waals surface area contributed by atoms with E-state index in [4.69, 9.17) is 0 Å². The smallest absolute Gasteiger partial charge is 0.318 e. The first kappa shape index (κ1) is 25.5. The largest absolute Gasteiger partial charge is 0.393 e. The number of carbonyl (C=O) groups is 6. The van der Waals surface area contributed by atoms with Crippen LogP contribution in [0.2, 0.25) is 0 Å². The van der Waals surface area contributed by atoms with Crippen LogP contribution in [0, 0.1) is 35.5 Å². The molecule has 0 aromatic heterocycles. The van der Waals surface area contributed by atoms with Crippen molar-refractivity contribution >= 4 is 35.8 Å². The molecule has 2 aliphatic carbocycles. The van der Waals surface area contributed by atoms with Crippen LogP contribution >= 0.6 is 0 Å². The highest BCUT2D eigenvalue weighted by molar-refractivity contribution is 5.97. The van der Waals surface area contributed by atoms with E-state index in [2.05, 4.69) is 20.3 Å². The van der Waals surface area contributed by atoms with Crippen molar-refractivity contribution in [3.63, 3.8) is 0 Å². The van der Waals surface area contributed by atoms with Crippen molar-refractivity contribution in [2.45, 2.75) is 60.3 Å². The summed E-state index contributed by atoms with van der Waals surface area (Å²) in [7, 11) is 0. The van der Waals surface area contributed by atoms with Crippen molar-refractivity contribution in [3.8, 4) is 0 Å². The van der Waals surface area contributed by atoms with Gasteiger partial charge in [-0.05, 0) is 46.0 Å². The predicted molar refractivity (Wildman–Crippen MR) is 116 cm³/mol. The lowest BCUT2D eigenvalue weighted by Crippen LogP contribution is -2.27. The molecule has 0 amide bonds. The Morgan fingerprint density at radius 2 is 1.12 bits per heavy atom. The molecule has 0 N–H and O–H groups in total. The molecule has 0 radical (unpaired) electrons. The van der Waals surface area contributed by atoms with Gasteiger partial charge >= 0.3 is 35.8 Å². The minimum absolute atomic E-state index is 0.137. The fourth-order valence-corrected chi connectivity index (χ4v) is 4.94. The highest BCUT2D eigenvalue weighted by Crippen LogP contribution is 2.40. The zero-order valence-corrected chi connectivity index (χ0v) is 20.0. The van der Waals surface area contributed by atoms with Crippen molar-refractivity contribution in [2.24, 2.45) is 35.5 Å². The first-order chi connectivity index (χ1) is 15.9. The average Bonchev–Trinajstić information content (AvgIpc) is 3.29. The van der Waals surface area contributed by atoms with Gasteiger partial charge in [-0.2, -0.15) is 0 Å². The fourth-order valence-electron chi connectivity index (χ4n) is 4.94. The van der Waals surface area contributed by atoms with Crippen LogP contribution in [-0.4, -0.2) is 35.8 Å². The molecule has 5 aliphatic rings. The number of rotatable bonds is 0. The summed E-state index contributed by atoms with van der Waals surface area (Å²) in [5.74, 6) is -3.06. The van der Waals surface area contributed by atoms with Gasteiger partial charge in [0.05, 0.1) is 36.0 Å². The quantitative estimate of drug-likeness (QED) is 0.225. The molecule has 0 aromatic rings. The number of hydrogen-bond donors (Lipinski definition) is 0. The van der Waals surface area contributed by atoms with E-state index in [1.54, 1.807) is 6.92 Å². The van der Waals surface area contributed by atoms with Crippen molar-refractivity contribution in [3.05, 3.63) is 22.8 Å². The minimum Gasteiger partial charge on any atom is -0.393 e. The number of cyclic esters (lactones) is 6. The lowest BCUT2D eigenvalue weighted by molar-refractivity contribution is -0.155. The average molecular weight is 475 g/mol. The van der Waals surface area contributed by atoms with Gasteiger partial charge in [0.15, 0.2) is 0 Å². The van der Waals surface area contributed by atoms with E-state index in [1.165, 1.54) is 16.7 Å². The highest BCUT2D eigenvalue weighted by atomic mass is 16.6. The second kappa shape index (κ2) is 10.0. The van der Waals surface area contributed by atoms with Gasteiger partial charge in [-0.15, -0.1) is 0 Å². The van der Waals surface area contributed by atoms with Crippen molar-refractivity contribution in [1.82, 2.24) is 0 Å². The van der Waals surface area contributed by atoms with Crippen LogP contribution in [0.25, 0.3) is 0 Å². The molecule has 9 heteroatoms. The van der Waals surface area contributed by atoms with Gasteiger partial charge in [0.25, 0.3) is 0 Å². The van der Waals surface area contributed by atoms with E-state index in [9.17, 15) is 28.8 Å². The van der Waals surface area contributed by atoms with Crippen molar-refractivity contribution in [2.75, 3.05) is 0 Å². The maximum Gasteiger partial charge on any atom is 0.318 e. The summed E-state index contributed by atoms with van der Waals surface area (Å²) < 4.78 is 13.4. The van der Waals surface area contributed by atoms with E-state index in [0.717, 1.165) is 0 Å². The molecule has 3 fully saturated rings. The van der Waals surface area contributed by atoms with Gasteiger partial charge in [-0.25, -0.2) is 0 Å². The zero-order valence-electron chi connectivity index (χ0n) is 20.0. The van der Waals surface area contributed by atoms with Crippen LogP contribution in [0.1, 0.15) is 60.3 Å². The molecule has 0 aromatic carbocycles. The third-order valence-electron chi connectivity index (χ3n) is 7.03. The molecule has 3 heterocycles. The Morgan fingerprint density at radius 3 is 1.56 bits per heavy atom. The zero-order chi connectivity index (χ0) is 25.3. The number of ether oxygens (including phenoxy) is 3. The van der Waals surface area contributed by atoms with Gasteiger partial charge in [-0.3, -0.25) is 28.8 Å². The Hall–Kier alpha value is -3.10. The molecule has 3 aliphatic heterocycles. The SMILES string of the molecule is CC1=C(C)CC2C(=O)OC(=O)C2C1.CC1=CC(C)C2C(=O)OC(=O)C2C1.CC1CC(=O)OC1=O. The maximum atomic E-state index is 11.3. The molecule has 5 rings (SSSR count). The lowest BCUT2D eigenvalue weighted by Gasteiger charge is -2.23. The van der Waals surface area contributed by atoms with Gasteiger partial charge in [0, 0.05) is 0 Å². The van der Waals surface area contributed by atoms with Gasteiger partial charge in [0.2, 0.25) is 0 Å². The standard InChI is InChI=1S/2C10H12O3.C5H6O3/c1-5-3-7-8(4-6(5)2)10(12)13-9(7)11;1-5-3-6(2)8-7(4-5)9(11)13-10(8)12;1-3-2-4(6)8-5(3)7/h7-8H,3-4H2,1-2H3;3,6-8H,4H2,1-2H3;3H,2H2,1H3. The summed E-state index contributed by atoms with van der Waals surface area (Å²) in [4.78, 5) is 65.5. The second-order valence-corrected chi connectivity index (χ2v) is 9.77. The van der Waals surface area contributed by atoms with E-state index < -0.39 is 11.9 Å². The summed E-state index contributed by atoms with van der Waals surface area (Å²) in [6.07, 6.45) is 4.38. The minimum atomic E-state index is -0.400. The van der Waals surface area contributed by atoms with Crippen LogP contribution in [0.4, 0.5) is 0 Å². The van der Waals surface area contributed by atoms with E-state index >= 15 is 0 Å². The predicted octanol–water partition coefficient (Wildman–Crippen LogP) is 2.82. The normalized spacial score (nSPS) is 34.1. The summed E-state index contributed by atoms with van der Waals surface area (Å²) in [6, 6.07) is 0. The van der Waals surface area contributed by atoms with E-state index in [-0.39, 0.29) is 65.8 Å². The number of carbonyl (C=O) groups excluding carboxylic acids is 6. The molecule has 6 atom stereocenters. The molecule has 184 valence electrons. The second-order valence-electron chi connectivity index (χ2n) is 9.77. The van der Waals surface area contributed by atoms with Crippen LogP contribution in [-0.2, 0) is 43.0 Å². The summed E-state index contributed by atoms with van der Waals surface area (Å²) in [6.45, 7) is 9.65. The Morgan fingerprint density at radius 1 is 0.618 bits per heavy atom. The third kappa shape index (κ3) is 5.34. The van der Waals surface area contributed by atoms with Gasteiger partial charge in [-0.1, -0.05) is 36.6 Å². The Kier molecular flexibility index (Phi) is 7.53. The van der Waals surface area contributed by atoms with E-state index in [1.807, 2.05) is 27.7 Å². The molecule has 6 unspecified atom stereocenters. The first-order valence-electron chi connectivity index (χ1n) is 11.5. The Balaban J connectivity index is 0.000000148. The molecule has 0 saturated carbocycles. The fraction of sp³-hybridized carbons (Fsp3) is 0.600. The summed E-state index contributed by atoms with van der Waals surface area (Å²) in [5.41, 5.74) is 3.64. The maximum absolute atomic E-state index is 11.3. The number of hydrogen-bond acceptors (Lipinski definition) is 9.